The van der Waals surface area contributed by atoms with E-state index in [1.807, 2.05) is 49.4 Å². The van der Waals surface area contributed by atoms with Gasteiger partial charge in [-0.3, -0.25) is 5.32 Å². The Kier molecular flexibility index (Phi) is 4.05. The first-order valence-electron chi connectivity index (χ1n) is 7.24. The number of hydrogen-bond acceptors (Lipinski definition) is 4. The fourth-order valence-electron chi connectivity index (χ4n) is 2.28. The Hall–Kier alpha value is -3.15. The topological polar surface area (TPSA) is 78.9 Å². The maximum atomic E-state index is 12.1. The van der Waals surface area contributed by atoms with Gasteiger partial charge in [-0.2, -0.15) is 4.98 Å². The van der Waals surface area contributed by atoms with Crippen molar-refractivity contribution in [1.29, 1.82) is 0 Å². The zero-order valence-electron chi connectivity index (χ0n) is 12.9. The van der Waals surface area contributed by atoms with Crippen LogP contribution in [0.1, 0.15) is 5.69 Å². The monoisotopic (exact) mass is 307 g/mol. The number of aromatic nitrogens is 2. The Bertz CT molecular complexity index is 862. The van der Waals surface area contributed by atoms with Crippen LogP contribution in [0.25, 0.3) is 10.8 Å². The first kappa shape index (κ1) is 14.8. The van der Waals surface area contributed by atoms with Gasteiger partial charge >= 0.3 is 6.03 Å². The lowest BCUT2D eigenvalue weighted by molar-refractivity contribution is 0.262. The molecule has 3 rings (SSSR count). The van der Waals surface area contributed by atoms with E-state index >= 15 is 0 Å². The van der Waals surface area contributed by atoms with Gasteiger partial charge < -0.3 is 10.6 Å². The zero-order chi connectivity index (χ0) is 16.2. The van der Waals surface area contributed by atoms with Crippen LogP contribution in [0, 0.1) is 6.92 Å². The number of urea groups is 1. The number of carbonyl (C=O) groups is 1. The number of carbonyl (C=O) groups excluding carboxylic acids is 1. The molecule has 0 fully saturated rings. The molecule has 0 atom stereocenters. The number of anilines is 3. The van der Waals surface area contributed by atoms with E-state index in [0.717, 1.165) is 16.5 Å². The van der Waals surface area contributed by atoms with Crippen molar-refractivity contribution in [2.75, 3.05) is 23.0 Å². The summed E-state index contributed by atoms with van der Waals surface area (Å²) in [6.07, 6.45) is 0. The van der Waals surface area contributed by atoms with Gasteiger partial charge in [0.2, 0.25) is 5.95 Å². The molecule has 0 saturated heterocycles. The molecule has 23 heavy (non-hydrogen) atoms. The lowest BCUT2D eigenvalue weighted by atomic mass is 10.1. The fourth-order valence-corrected chi connectivity index (χ4v) is 2.28. The highest BCUT2D eigenvalue weighted by atomic mass is 16.2. The SMILES string of the molecule is CNc1cc(C)nc(NC(=O)Nc2ccc3ccccc3c2)n1. The van der Waals surface area contributed by atoms with E-state index in [1.165, 1.54) is 0 Å². The third-order valence-corrected chi connectivity index (χ3v) is 3.34. The number of benzene rings is 2. The van der Waals surface area contributed by atoms with Crippen LogP contribution < -0.4 is 16.0 Å². The second kappa shape index (κ2) is 6.31. The highest BCUT2D eigenvalue weighted by molar-refractivity contribution is 6.00. The molecule has 0 spiro atoms. The highest BCUT2D eigenvalue weighted by Crippen LogP contribution is 2.19. The van der Waals surface area contributed by atoms with Crippen molar-refractivity contribution in [2.45, 2.75) is 6.92 Å². The molecule has 0 radical (unpaired) electrons. The maximum absolute atomic E-state index is 12.1. The molecule has 0 bridgehead atoms. The quantitative estimate of drug-likeness (QED) is 0.690. The van der Waals surface area contributed by atoms with Crippen molar-refractivity contribution in [2.24, 2.45) is 0 Å². The van der Waals surface area contributed by atoms with Gasteiger partial charge in [-0.15, -0.1) is 0 Å². The van der Waals surface area contributed by atoms with E-state index < -0.39 is 0 Å². The maximum Gasteiger partial charge on any atom is 0.326 e. The summed E-state index contributed by atoms with van der Waals surface area (Å²) in [6.45, 7) is 1.84. The first-order valence-corrected chi connectivity index (χ1v) is 7.24. The van der Waals surface area contributed by atoms with Gasteiger partial charge in [0, 0.05) is 24.5 Å². The molecular weight excluding hydrogens is 290 g/mol. The van der Waals surface area contributed by atoms with Gasteiger partial charge in [0.05, 0.1) is 0 Å². The second-order valence-electron chi connectivity index (χ2n) is 5.11. The number of amides is 2. The lowest BCUT2D eigenvalue weighted by Gasteiger charge is -2.09. The Morgan fingerprint density at radius 2 is 1.74 bits per heavy atom. The fraction of sp³-hybridized carbons (Fsp3) is 0.118. The van der Waals surface area contributed by atoms with Crippen molar-refractivity contribution < 1.29 is 4.79 Å². The minimum Gasteiger partial charge on any atom is -0.373 e. The molecule has 1 heterocycles. The van der Waals surface area contributed by atoms with Crippen molar-refractivity contribution in [3.05, 3.63) is 54.2 Å². The van der Waals surface area contributed by atoms with E-state index in [9.17, 15) is 4.79 Å². The molecule has 3 aromatic rings. The molecule has 6 heteroatoms. The number of nitrogens with one attached hydrogen (secondary N) is 3. The van der Waals surface area contributed by atoms with Crippen LogP contribution in [-0.4, -0.2) is 23.0 Å². The van der Waals surface area contributed by atoms with Crippen molar-refractivity contribution in [3.63, 3.8) is 0 Å². The second-order valence-corrected chi connectivity index (χ2v) is 5.11. The number of aryl methyl sites for hydroxylation is 1. The summed E-state index contributed by atoms with van der Waals surface area (Å²) in [5, 5.41) is 10.5. The zero-order valence-corrected chi connectivity index (χ0v) is 12.9. The highest BCUT2D eigenvalue weighted by Gasteiger charge is 2.07. The Morgan fingerprint density at radius 1 is 0.957 bits per heavy atom. The summed E-state index contributed by atoms with van der Waals surface area (Å²) in [5.41, 5.74) is 1.48. The van der Waals surface area contributed by atoms with Crippen LogP contribution in [0.3, 0.4) is 0 Å². The lowest BCUT2D eigenvalue weighted by Crippen LogP contribution is -2.21. The van der Waals surface area contributed by atoms with Gasteiger partial charge in [-0.05, 0) is 29.8 Å². The smallest absolute Gasteiger partial charge is 0.326 e. The molecule has 3 N–H and O–H groups in total. The van der Waals surface area contributed by atoms with Crippen LogP contribution in [0.5, 0.6) is 0 Å². The van der Waals surface area contributed by atoms with E-state index in [2.05, 4.69) is 25.9 Å². The first-order chi connectivity index (χ1) is 11.1. The van der Waals surface area contributed by atoms with E-state index in [0.29, 0.717) is 11.5 Å². The van der Waals surface area contributed by atoms with Crippen molar-refractivity contribution in [1.82, 2.24) is 9.97 Å². The molecule has 0 aliphatic carbocycles. The number of rotatable bonds is 3. The minimum atomic E-state index is -0.382. The standard InChI is InChI=1S/C17H17N5O/c1-11-9-15(18-2)21-16(19-11)22-17(23)20-14-8-7-12-5-3-4-6-13(12)10-14/h3-10H,1-2H3,(H3,18,19,20,21,22,23). The number of nitrogens with zero attached hydrogens (tertiary/aromatic N) is 2. The summed E-state index contributed by atoms with van der Waals surface area (Å²) >= 11 is 0. The predicted molar refractivity (Wildman–Crippen MR) is 92.9 cm³/mol. The number of hydrogen-bond donors (Lipinski definition) is 3. The summed E-state index contributed by atoms with van der Waals surface area (Å²) in [5.74, 6) is 0.908. The van der Waals surface area contributed by atoms with Crippen LogP contribution in [0.2, 0.25) is 0 Å². The molecule has 2 amide bonds. The van der Waals surface area contributed by atoms with Gasteiger partial charge in [0.25, 0.3) is 0 Å². The van der Waals surface area contributed by atoms with Crippen LogP contribution in [-0.2, 0) is 0 Å². The third kappa shape index (κ3) is 3.55. The van der Waals surface area contributed by atoms with Gasteiger partial charge in [-0.25, -0.2) is 9.78 Å². The van der Waals surface area contributed by atoms with Crippen molar-refractivity contribution in [3.8, 4) is 0 Å². The van der Waals surface area contributed by atoms with Crippen LogP contribution in [0.15, 0.2) is 48.5 Å². The third-order valence-electron chi connectivity index (χ3n) is 3.34. The van der Waals surface area contributed by atoms with Gasteiger partial charge in [0.1, 0.15) is 5.82 Å². The van der Waals surface area contributed by atoms with Crippen LogP contribution >= 0.6 is 0 Å². The average molecular weight is 307 g/mol. The Balaban J connectivity index is 1.74. The normalized spacial score (nSPS) is 10.3. The number of fused-ring (bicyclic) bond motifs is 1. The predicted octanol–water partition coefficient (Wildman–Crippen LogP) is 3.62. The molecule has 1 aromatic heterocycles. The molecule has 6 nitrogen and oxygen atoms in total. The van der Waals surface area contributed by atoms with E-state index in [4.69, 9.17) is 0 Å². The molecular formula is C17H17N5O. The van der Waals surface area contributed by atoms with Crippen LogP contribution in [0.4, 0.5) is 22.2 Å². The molecule has 0 aliphatic rings. The molecule has 0 unspecified atom stereocenters. The minimum absolute atomic E-state index is 0.257. The molecule has 0 saturated carbocycles. The average Bonchev–Trinajstić information content (AvgIpc) is 2.54. The largest absolute Gasteiger partial charge is 0.373 e. The Labute approximate surface area is 134 Å². The summed E-state index contributed by atoms with van der Waals surface area (Å²) in [7, 11) is 1.76. The molecule has 116 valence electrons. The Morgan fingerprint density at radius 3 is 2.52 bits per heavy atom. The molecule has 2 aromatic carbocycles. The van der Waals surface area contributed by atoms with Gasteiger partial charge in [-0.1, -0.05) is 30.3 Å². The van der Waals surface area contributed by atoms with Gasteiger partial charge in [0.15, 0.2) is 0 Å². The summed E-state index contributed by atoms with van der Waals surface area (Å²) in [6, 6.07) is 15.1. The van der Waals surface area contributed by atoms with Crippen molar-refractivity contribution >= 4 is 34.3 Å². The van der Waals surface area contributed by atoms with E-state index in [1.54, 1.807) is 13.1 Å². The summed E-state index contributed by atoms with van der Waals surface area (Å²) in [4.78, 5) is 20.5. The summed E-state index contributed by atoms with van der Waals surface area (Å²) < 4.78 is 0. The molecule has 0 aliphatic heterocycles. The van der Waals surface area contributed by atoms with E-state index in [-0.39, 0.29) is 12.0 Å².